The second-order valence-electron chi connectivity index (χ2n) is 3.79. The van der Waals surface area contributed by atoms with Crippen LogP contribution in [0.4, 0.5) is 0 Å². The zero-order chi connectivity index (χ0) is 13.2. The number of aliphatic hydroxyl groups excluding tert-OH is 1. The van der Waals surface area contributed by atoms with E-state index in [1.165, 1.54) is 0 Å². The molecule has 0 bridgehead atoms. The third-order valence-corrected chi connectivity index (χ3v) is 2.20. The van der Waals surface area contributed by atoms with E-state index in [-0.39, 0.29) is 25.7 Å². The number of hydrogen-bond donors (Lipinski definition) is 2. The normalized spacial score (nSPS) is 10.1. The molecule has 0 aliphatic carbocycles. The Hall–Kier alpha value is -1.59. The number of carbonyl (C=O) groups excluding carboxylic acids is 1. The lowest BCUT2D eigenvalue weighted by atomic mass is 10.2. The molecule has 1 rings (SSSR count). The molecule has 1 amide bonds. The van der Waals surface area contributed by atoms with Crippen LogP contribution in [-0.2, 0) is 9.53 Å². The average Bonchev–Trinajstić information content (AvgIpc) is 2.38. The molecule has 0 atom stereocenters. The van der Waals surface area contributed by atoms with Gasteiger partial charge in [-0.05, 0) is 19.1 Å². The molecule has 1 aromatic carbocycles. The fourth-order valence-corrected chi connectivity index (χ4v) is 1.26. The van der Waals surface area contributed by atoms with Gasteiger partial charge in [0.15, 0.2) is 6.61 Å². The van der Waals surface area contributed by atoms with Crippen LogP contribution >= 0.6 is 0 Å². The van der Waals surface area contributed by atoms with Crippen molar-refractivity contribution < 1.29 is 19.4 Å². The second-order valence-corrected chi connectivity index (χ2v) is 3.79. The minimum absolute atomic E-state index is 0.00944. The first kappa shape index (κ1) is 14.5. The molecule has 0 aromatic heterocycles. The zero-order valence-corrected chi connectivity index (χ0v) is 10.5. The lowest BCUT2D eigenvalue weighted by Crippen LogP contribution is -2.31. The van der Waals surface area contributed by atoms with Crippen LogP contribution in [0.25, 0.3) is 0 Å². The van der Waals surface area contributed by atoms with E-state index in [2.05, 4.69) is 5.32 Å². The Morgan fingerprint density at radius 1 is 1.28 bits per heavy atom. The fraction of sp³-hybridized carbons (Fsp3) is 0.462. The molecule has 0 saturated carbocycles. The van der Waals surface area contributed by atoms with Gasteiger partial charge >= 0.3 is 0 Å². The Morgan fingerprint density at radius 3 is 2.67 bits per heavy atom. The first-order valence-electron chi connectivity index (χ1n) is 5.87. The number of carbonyl (C=O) groups is 1. The topological polar surface area (TPSA) is 67.8 Å². The molecule has 5 heteroatoms. The summed E-state index contributed by atoms with van der Waals surface area (Å²) in [5.41, 5.74) is 1.15. The Bertz CT molecular complexity index is 351. The largest absolute Gasteiger partial charge is 0.484 e. The molecular formula is C13H19NO4. The highest BCUT2D eigenvalue weighted by Crippen LogP contribution is 2.10. The summed E-state index contributed by atoms with van der Waals surface area (Å²) in [6.07, 6.45) is 0. The SMILES string of the molecule is Cc1ccc(OCC(=O)NCCOCCO)cc1. The molecule has 0 aliphatic rings. The van der Waals surface area contributed by atoms with Gasteiger partial charge in [-0.15, -0.1) is 0 Å². The maximum absolute atomic E-state index is 11.4. The molecule has 0 heterocycles. The molecule has 0 aliphatic heterocycles. The van der Waals surface area contributed by atoms with Crippen molar-refractivity contribution >= 4 is 5.91 Å². The molecule has 0 spiro atoms. The summed E-state index contributed by atoms with van der Waals surface area (Å²) in [5, 5.41) is 11.1. The van der Waals surface area contributed by atoms with Crippen molar-refractivity contribution in [2.24, 2.45) is 0 Å². The number of aliphatic hydroxyl groups is 1. The quantitative estimate of drug-likeness (QED) is 0.662. The van der Waals surface area contributed by atoms with Gasteiger partial charge in [-0.25, -0.2) is 0 Å². The van der Waals surface area contributed by atoms with Crippen LogP contribution in [0, 0.1) is 6.92 Å². The van der Waals surface area contributed by atoms with Crippen molar-refractivity contribution in [2.75, 3.05) is 33.0 Å². The highest BCUT2D eigenvalue weighted by atomic mass is 16.5. The van der Waals surface area contributed by atoms with E-state index in [1.807, 2.05) is 31.2 Å². The maximum Gasteiger partial charge on any atom is 0.258 e. The van der Waals surface area contributed by atoms with Crippen LogP contribution in [0.15, 0.2) is 24.3 Å². The van der Waals surface area contributed by atoms with Crippen molar-refractivity contribution in [3.05, 3.63) is 29.8 Å². The van der Waals surface area contributed by atoms with E-state index in [4.69, 9.17) is 14.6 Å². The summed E-state index contributed by atoms with van der Waals surface area (Å²) in [6, 6.07) is 7.51. The second kappa shape index (κ2) is 8.49. The van der Waals surface area contributed by atoms with Gasteiger partial charge in [-0.2, -0.15) is 0 Å². The third-order valence-electron chi connectivity index (χ3n) is 2.20. The summed E-state index contributed by atoms with van der Waals surface area (Å²) >= 11 is 0. The molecule has 2 N–H and O–H groups in total. The van der Waals surface area contributed by atoms with E-state index >= 15 is 0 Å². The monoisotopic (exact) mass is 253 g/mol. The predicted molar refractivity (Wildman–Crippen MR) is 67.6 cm³/mol. The molecule has 0 saturated heterocycles. The van der Waals surface area contributed by atoms with Crippen molar-refractivity contribution in [3.8, 4) is 5.75 Å². The van der Waals surface area contributed by atoms with Gasteiger partial charge in [0.2, 0.25) is 0 Å². The Morgan fingerprint density at radius 2 is 2.00 bits per heavy atom. The van der Waals surface area contributed by atoms with Gasteiger partial charge in [0.1, 0.15) is 5.75 Å². The van der Waals surface area contributed by atoms with Crippen molar-refractivity contribution in [1.82, 2.24) is 5.32 Å². The molecule has 5 nitrogen and oxygen atoms in total. The standard InChI is InChI=1S/C13H19NO4/c1-11-2-4-12(5-3-11)18-10-13(16)14-6-8-17-9-7-15/h2-5,15H,6-10H2,1H3,(H,14,16). The minimum atomic E-state index is -0.192. The van der Waals surface area contributed by atoms with Crippen molar-refractivity contribution in [2.45, 2.75) is 6.92 Å². The number of hydrogen-bond acceptors (Lipinski definition) is 4. The van der Waals surface area contributed by atoms with Crippen LogP contribution in [0.2, 0.25) is 0 Å². The molecule has 18 heavy (non-hydrogen) atoms. The minimum Gasteiger partial charge on any atom is -0.484 e. The first-order valence-corrected chi connectivity index (χ1v) is 5.87. The van der Waals surface area contributed by atoms with Gasteiger partial charge in [0.25, 0.3) is 5.91 Å². The van der Waals surface area contributed by atoms with Gasteiger partial charge in [-0.1, -0.05) is 17.7 Å². The van der Waals surface area contributed by atoms with E-state index in [0.717, 1.165) is 5.56 Å². The maximum atomic E-state index is 11.4. The van der Waals surface area contributed by atoms with Crippen LogP contribution in [-0.4, -0.2) is 44.0 Å². The first-order chi connectivity index (χ1) is 8.72. The van der Waals surface area contributed by atoms with Gasteiger partial charge in [0.05, 0.1) is 19.8 Å². The number of nitrogens with one attached hydrogen (secondary N) is 1. The lowest BCUT2D eigenvalue weighted by Gasteiger charge is -2.07. The Kier molecular flexibility index (Phi) is 6.83. The molecule has 0 unspecified atom stereocenters. The van der Waals surface area contributed by atoms with Crippen LogP contribution in [0.1, 0.15) is 5.56 Å². The van der Waals surface area contributed by atoms with Crippen LogP contribution < -0.4 is 10.1 Å². The van der Waals surface area contributed by atoms with E-state index < -0.39 is 0 Å². The van der Waals surface area contributed by atoms with Crippen molar-refractivity contribution in [3.63, 3.8) is 0 Å². The summed E-state index contributed by atoms with van der Waals surface area (Å²) in [5.74, 6) is 0.482. The van der Waals surface area contributed by atoms with E-state index in [0.29, 0.717) is 18.9 Å². The van der Waals surface area contributed by atoms with Gasteiger partial charge < -0.3 is 19.9 Å². The third kappa shape index (κ3) is 6.22. The lowest BCUT2D eigenvalue weighted by molar-refractivity contribution is -0.123. The summed E-state index contributed by atoms with van der Waals surface area (Å²) in [7, 11) is 0. The fourth-order valence-electron chi connectivity index (χ4n) is 1.26. The summed E-state index contributed by atoms with van der Waals surface area (Å²) in [6.45, 7) is 3.05. The number of ether oxygens (including phenoxy) is 2. The number of amides is 1. The van der Waals surface area contributed by atoms with Gasteiger partial charge in [-0.3, -0.25) is 4.79 Å². The number of rotatable bonds is 8. The van der Waals surface area contributed by atoms with Crippen molar-refractivity contribution in [1.29, 1.82) is 0 Å². The van der Waals surface area contributed by atoms with E-state index in [9.17, 15) is 4.79 Å². The van der Waals surface area contributed by atoms with Crippen LogP contribution in [0.3, 0.4) is 0 Å². The molecule has 0 fully saturated rings. The number of aryl methyl sites for hydroxylation is 1. The Balaban J connectivity index is 2.11. The Labute approximate surface area is 107 Å². The summed E-state index contributed by atoms with van der Waals surface area (Å²) < 4.78 is 10.3. The van der Waals surface area contributed by atoms with Gasteiger partial charge in [0, 0.05) is 6.54 Å². The molecule has 1 aromatic rings. The predicted octanol–water partition coefficient (Wildman–Crippen LogP) is 0.499. The molecular weight excluding hydrogens is 234 g/mol. The number of benzene rings is 1. The van der Waals surface area contributed by atoms with E-state index in [1.54, 1.807) is 0 Å². The smallest absolute Gasteiger partial charge is 0.258 e. The molecule has 0 radical (unpaired) electrons. The highest BCUT2D eigenvalue weighted by Gasteiger charge is 2.01. The van der Waals surface area contributed by atoms with Crippen LogP contribution in [0.5, 0.6) is 5.75 Å². The average molecular weight is 253 g/mol. The zero-order valence-electron chi connectivity index (χ0n) is 10.5. The summed E-state index contributed by atoms with van der Waals surface area (Å²) in [4.78, 5) is 11.4. The highest BCUT2D eigenvalue weighted by molar-refractivity contribution is 5.77. The molecule has 100 valence electrons.